The van der Waals surface area contributed by atoms with Crippen molar-refractivity contribution in [1.29, 1.82) is 0 Å². The van der Waals surface area contributed by atoms with E-state index in [-0.39, 0.29) is 5.91 Å². The van der Waals surface area contributed by atoms with Gasteiger partial charge in [-0.3, -0.25) is 9.78 Å². The molecule has 2 aromatic rings. The lowest BCUT2D eigenvalue weighted by Gasteiger charge is -2.35. The van der Waals surface area contributed by atoms with Crippen molar-refractivity contribution in [3.05, 3.63) is 35.8 Å². The molecule has 3 rings (SSSR count). The van der Waals surface area contributed by atoms with Gasteiger partial charge >= 0.3 is 0 Å². The Hall–Kier alpha value is -2.44. The van der Waals surface area contributed by atoms with E-state index in [1.54, 1.807) is 22.0 Å². The number of amides is 1. The summed E-state index contributed by atoms with van der Waals surface area (Å²) in [6.07, 6.45) is 7.33. The third kappa shape index (κ3) is 3.97. The van der Waals surface area contributed by atoms with E-state index in [2.05, 4.69) is 19.9 Å². The van der Waals surface area contributed by atoms with E-state index in [1.165, 1.54) is 0 Å². The summed E-state index contributed by atoms with van der Waals surface area (Å²) in [5.74, 6) is 1.49. The first kappa shape index (κ1) is 17.4. The molecule has 3 heterocycles. The van der Waals surface area contributed by atoms with Crippen LogP contribution in [0, 0.1) is 19.8 Å². The molecule has 0 aliphatic carbocycles. The minimum Gasteiger partial charge on any atom is -0.355 e. The topological polar surface area (TPSA) is 67.2 Å². The van der Waals surface area contributed by atoms with Gasteiger partial charge in [0.25, 0.3) is 5.91 Å². The summed E-state index contributed by atoms with van der Waals surface area (Å²) in [5, 5.41) is 0. The summed E-state index contributed by atoms with van der Waals surface area (Å²) in [6, 6.07) is 0. The van der Waals surface area contributed by atoms with Gasteiger partial charge < -0.3 is 14.4 Å². The van der Waals surface area contributed by atoms with Crippen LogP contribution in [-0.4, -0.2) is 57.0 Å². The number of nitrogens with zero attached hydrogens (tertiary/aromatic N) is 6. The number of hydrogen-bond acceptors (Lipinski definition) is 5. The van der Waals surface area contributed by atoms with Crippen molar-refractivity contribution in [2.24, 2.45) is 13.0 Å². The first-order valence-corrected chi connectivity index (χ1v) is 8.72. The zero-order valence-electron chi connectivity index (χ0n) is 15.4. The highest BCUT2D eigenvalue weighted by atomic mass is 16.2. The van der Waals surface area contributed by atoms with Crippen molar-refractivity contribution in [2.75, 3.05) is 31.6 Å². The molecule has 7 heteroatoms. The van der Waals surface area contributed by atoms with E-state index in [9.17, 15) is 4.79 Å². The molecule has 0 aromatic carbocycles. The molecule has 1 aliphatic rings. The van der Waals surface area contributed by atoms with Crippen LogP contribution < -0.4 is 4.90 Å². The number of piperidine rings is 1. The average molecular weight is 342 g/mol. The monoisotopic (exact) mass is 342 g/mol. The van der Waals surface area contributed by atoms with E-state index < -0.39 is 0 Å². The van der Waals surface area contributed by atoms with Gasteiger partial charge in [-0.25, -0.2) is 9.97 Å². The van der Waals surface area contributed by atoms with Gasteiger partial charge in [-0.1, -0.05) is 0 Å². The van der Waals surface area contributed by atoms with Crippen LogP contribution in [0.25, 0.3) is 0 Å². The second-order valence-electron chi connectivity index (χ2n) is 6.96. The number of anilines is 1. The highest BCUT2D eigenvalue weighted by Crippen LogP contribution is 2.24. The van der Waals surface area contributed by atoms with Gasteiger partial charge in [0.05, 0.1) is 17.7 Å². The van der Waals surface area contributed by atoms with Crippen LogP contribution >= 0.6 is 0 Å². The lowest BCUT2D eigenvalue weighted by atomic mass is 9.96. The Morgan fingerprint density at radius 1 is 1.28 bits per heavy atom. The highest BCUT2D eigenvalue weighted by molar-refractivity contribution is 5.91. The zero-order valence-corrected chi connectivity index (χ0v) is 15.4. The highest BCUT2D eigenvalue weighted by Gasteiger charge is 2.24. The Bertz CT molecular complexity index is 748. The molecule has 1 fully saturated rings. The van der Waals surface area contributed by atoms with E-state index in [4.69, 9.17) is 0 Å². The molecule has 25 heavy (non-hydrogen) atoms. The third-order valence-electron chi connectivity index (χ3n) is 4.77. The Morgan fingerprint density at radius 2 is 2.00 bits per heavy atom. The lowest BCUT2D eigenvalue weighted by molar-refractivity contribution is 0.0759. The lowest BCUT2D eigenvalue weighted by Crippen LogP contribution is -2.40. The normalized spacial score (nSPS) is 15.4. The molecular weight excluding hydrogens is 316 g/mol. The van der Waals surface area contributed by atoms with Gasteiger partial charge in [-0.2, -0.15) is 0 Å². The van der Waals surface area contributed by atoms with E-state index in [1.807, 2.05) is 34.1 Å². The predicted octanol–water partition coefficient (Wildman–Crippen LogP) is 1.82. The molecule has 0 saturated carbocycles. The van der Waals surface area contributed by atoms with Crippen molar-refractivity contribution < 1.29 is 4.79 Å². The quantitative estimate of drug-likeness (QED) is 0.848. The number of aryl methyl sites for hydroxylation is 3. The maximum absolute atomic E-state index is 12.4. The molecule has 1 amide bonds. The third-order valence-corrected chi connectivity index (χ3v) is 4.77. The fraction of sp³-hybridized carbons (Fsp3) is 0.556. The Balaban J connectivity index is 1.55. The second kappa shape index (κ2) is 7.21. The van der Waals surface area contributed by atoms with E-state index >= 15 is 0 Å². The fourth-order valence-electron chi connectivity index (χ4n) is 3.34. The number of imidazole rings is 1. The van der Waals surface area contributed by atoms with Gasteiger partial charge in [-0.05, 0) is 32.6 Å². The van der Waals surface area contributed by atoms with E-state index in [0.717, 1.165) is 49.7 Å². The summed E-state index contributed by atoms with van der Waals surface area (Å²) < 4.78 is 1.80. The average Bonchev–Trinajstić information content (AvgIpc) is 3.03. The van der Waals surface area contributed by atoms with Crippen LogP contribution in [0.4, 0.5) is 5.82 Å². The molecule has 0 spiro atoms. The molecule has 134 valence electrons. The van der Waals surface area contributed by atoms with E-state index in [0.29, 0.717) is 11.6 Å². The van der Waals surface area contributed by atoms with Crippen LogP contribution in [-0.2, 0) is 7.05 Å². The van der Waals surface area contributed by atoms with Crippen LogP contribution in [0.5, 0.6) is 0 Å². The second-order valence-corrected chi connectivity index (χ2v) is 6.96. The molecule has 0 N–H and O–H groups in total. The zero-order chi connectivity index (χ0) is 18.0. The Labute approximate surface area is 148 Å². The van der Waals surface area contributed by atoms with Gasteiger partial charge in [0.1, 0.15) is 11.5 Å². The van der Waals surface area contributed by atoms with Gasteiger partial charge in [0, 0.05) is 46.1 Å². The minimum atomic E-state index is -0.0107. The van der Waals surface area contributed by atoms with Crippen LogP contribution in [0.3, 0.4) is 0 Å². The molecule has 0 bridgehead atoms. The number of carbonyl (C=O) groups is 1. The molecule has 7 nitrogen and oxygen atoms in total. The summed E-state index contributed by atoms with van der Waals surface area (Å²) in [7, 11) is 3.73. The largest absolute Gasteiger partial charge is 0.355 e. The smallest absolute Gasteiger partial charge is 0.273 e. The Kier molecular flexibility index (Phi) is 5.01. The van der Waals surface area contributed by atoms with Crippen molar-refractivity contribution in [3.8, 4) is 0 Å². The maximum Gasteiger partial charge on any atom is 0.273 e. The summed E-state index contributed by atoms with van der Waals surface area (Å²) >= 11 is 0. The SMILES string of the molecule is Cc1cnc(C)c(N2CCC(CN(C)C(=O)c3cn(C)cn3)CC2)n1. The molecular formula is C18H26N6O. The maximum atomic E-state index is 12.4. The number of hydrogen-bond donors (Lipinski definition) is 0. The summed E-state index contributed by atoms with van der Waals surface area (Å²) in [5.41, 5.74) is 2.43. The number of carbonyl (C=O) groups excluding carboxylic acids is 1. The first-order chi connectivity index (χ1) is 11.9. The van der Waals surface area contributed by atoms with Gasteiger partial charge in [-0.15, -0.1) is 0 Å². The fourth-order valence-corrected chi connectivity index (χ4v) is 3.34. The molecule has 2 aromatic heterocycles. The molecule has 1 aliphatic heterocycles. The van der Waals surface area contributed by atoms with Crippen molar-refractivity contribution in [1.82, 2.24) is 24.4 Å². The van der Waals surface area contributed by atoms with Crippen molar-refractivity contribution in [3.63, 3.8) is 0 Å². The summed E-state index contributed by atoms with van der Waals surface area (Å²) in [4.78, 5) is 29.7. The number of rotatable bonds is 4. The predicted molar refractivity (Wildman–Crippen MR) is 96.6 cm³/mol. The van der Waals surface area contributed by atoms with Crippen molar-refractivity contribution in [2.45, 2.75) is 26.7 Å². The molecule has 0 unspecified atom stereocenters. The molecule has 0 atom stereocenters. The van der Waals surface area contributed by atoms with Crippen LogP contribution in [0.15, 0.2) is 18.7 Å². The molecule has 0 radical (unpaired) electrons. The summed E-state index contributed by atoms with van der Waals surface area (Å²) in [6.45, 7) is 6.65. The van der Waals surface area contributed by atoms with Gasteiger partial charge in [0.2, 0.25) is 0 Å². The van der Waals surface area contributed by atoms with Crippen LogP contribution in [0.2, 0.25) is 0 Å². The number of aromatic nitrogens is 4. The minimum absolute atomic E-state index is 0.0107. The van der Waals surface area contributed by atoms with Gasteiger partial charge in [0.15, 0.2) is 0 Å². The standard InChI is InChI=1S/C18H26N6O/c1-13-9-19-14(2)17(21-13)24-7-5-15(6-8-24)10-23(4)18(25)16-11-22(3)12-20-16/h9,11-12,15H,5-8,10H2,1-4H3. The van der Waals surface area contributed by atoms with Crippen molar-refractivity contribution >= 4 is 11.7 Å². The first-order valence-electron chi connectivity index (χ1n) is 8.72. The van der Waals surface area contributed by atoms with Crippen LogP contribution in [0.1, 0.15) is 34.7 Å². The Morgan fingerprint density at radius 3 is 2.64 bits per heavy atom. The molecule has 1 saturated heterocycles.